The van der Waals surface area contributed by atoms with Gasteiger partial charge in [-0.1, -0.05) is 98.2 Å². The van der Waals surface area contributed by atoms with Crippen molar-refractivity contribution in [2.45, 2.75) is 241 Å². The molecule has 0 heterocycles. The maximum Gasteiger partial charge on any atom is 0.308 e. The lowest BCUT2D eigenvalue weighted by Gasteiger charge is -2.33. The number of aliphatic hydroxyl groups is 1. The lowest BCUT2D eigenvalue weighted by molar-refractivity contribution is -0.156. The quantitative estimate of drug-likeness (QED) is 0.0204. The Morgan fingerprint density at radius 1 is 0.549 bits per heavy atom. The topological polar surface area (TPSA) is 332 Å². The number of thioether (sulfide) groups is 1. The van der Waals surface area contributed by atoms with E-state index in [4.69, 9.17) is 28.4 Å². The molecule has 2 rings (SSSR count). The van der Waals surface area contributed by atoms with E-state index in [1.165, 1.54) is 18.7 Å². The van der Waals surface area contributed by atoms with Gasteiger partial charge in [-0.2, -0.15) is 11.8 Å². The predicted octanol–water partition coefficient (Wildman–Crippen LogP) is 9.94. The molecule has 0 bridgehead atoms. The fourth-order valence-electron chi connectivity index (χ4n) is 10.6. The second-order valence-corrected chi connectivity index (χ2v) is 33.8. The van der Waals surface area contributed by atoms with Gasteiger partial charge in [-0.15, -0.1) is 0 Å². The van der Waals surface area contributed by atoms with E-state index in [0.717, 1.165) is 11.5 Å². The lowest BCUT2D eigenvalue weighted by Crippen LogP contribution is -2.54. The third kappa shape index (κ3) is 38.9. The smallest absolute Gasteiger partial charge is 0.308 e. The van der Waals surface area contributed by atoms with Crippen molar-refractivity contribution in [3.63, 3.8) is 0 Å². The summed E-state index contributed by atoms with van der Waals surface area (Å²) in [6.45, 7) is 28.8. The molecule has 4 amide bonds. The first-order valence-electron chi connectivity index (χ1n) is 35.5. The van der Waals surface area contributed by atoms with Crippen LogP contribution in [0.5, 0.6) is 5.75 Å². The fraction of sp³-hybridized carbons (Fsp3) is 0.697. The highest BCUT2D eigenvalue weighted by molar-refractivity contribution is 8.76. The fourth-order valence-corrected chi connectivity index (χ4v) is 13.2. The van der Waals surface area contributed by atoms with Crippen LogP contribution in [0, 0.1) is 35.5 Å². The summed E-state index contributed by atoms with van der Waals surface area (Å²) in [5, 5.41) is 31.9. The SMILES string of the molecule is CCSSC[C@H](C)C(=O)CCCOCCOCC(=O)N[C@@H](Cc1ccc(OC(C)(C)C)cc1)C(=O)C[C@@H](COC(C)(C)C)C(=O)N[C@H](C(=O)C[C@@H](CO)C(=O)N[C@@H](CC(=O)OC(C)(C)C)C(=O)C[C@@H](Cc1ccccc1)C(=O)N[C@H](C(=O)C[C@@H](CCSC)C(=O)O)C(C)CC)C(C)OC(C)(C)C. The molecule has 2 aromatic rings. The van der Waals surface area contributed by atoms with Crippen molar-refractivity contribution in [2.24, 2.45) is 35.5 Å². The molecule has 0 saturated heterocycles. The zero-order valence-electron chi connectivity index (χ0n) is 63.7. The van der Waals surface area contributed by atoms with Gasteiger partial charge in [0.1, 0.15) is 35.4 Å². The molecule has 0 aromatic heterocycles. The van der Waals surface area contributed by atoms with Gasteiger partial charge in [-0.05, 0) is 157 Å². The van der Waals surface area contributed by atoms with Gasteiger partial charge in [0.2, 0.25) is 23.6 Å². The number of benzene rings is 2. The van der Waals surface area contributed by atoms with Crippen LogP contribution in [-0.2, 0) is 89.3 Å². The molecule has 0 radical (unpaired) electrons. The van der Waals surface area contributed by atoms with Crippen molar-refractivity contribution in [3.8, 4) is 5.75 Å². The van der Waals surface area contributed by atoms with E-state index in [1.54, 1.807) is 145 Å². The molecule has 2 aromatic carbocycles. The van der Waals surface area contributed by atoms with Gasteiger partial charge >= 0.3 is 11.9 Å². The monoisotopic (exact) mass is 1490 g/mol. The van der Waals surface area contributed by atoms with Crippen molar-refractivity contribution in [1.82, 2.24) is 21.3 Å². The summed E-state index contributed by atoms with van der Waals surface area (Å²) in [5.41, 5.74) is -2.04. The minimum absolute atomic E-state index is 0.0148. The average Bonchev–Trinajstić information content (AvgIpc) is 0.843. The first-order chi connectivity index (χ1) is 47.6. The zero-order valence-corrected chi connectivity index (χ0v) is 66.2. The molecule has 0 aliphatic heterocycles. The Balaban J connectivity index is 2.58. The molecule has 23 nitrogen and oxygen atoms in total. The summed E-state index contributed by atoms with van der Waals surface area (Å²) in [6.07, 6.45) is -0.713. The number of Topliss-reactive ketones (excluding diaryl/α,β-unsaturated/α-hetero) is 5. The Hall–Kier alpha value is -5.74. The standard InChI is InChI=1S/C76H120N4O19S3/c1-19-48(3)67(63(85)39-53(72(92)93)32-36-100-18)79-69(89)54(37-51-25-22-21-23-26-51)40-61(83)59(43-66(88)99-76(15,16)17)78-70(90)55(44-81)41-64(86)68(50(5)97-74(9,10)11)80-71(91)56(45-96-73(6,7)8)42-62(84)58(38-52-28-30-57(31-29-52)98-75(12,13)14)77-65(87)46-95-35-34-94-33-24-27-60(82)49(4)47-102-101-20-2/h21-23,25-26,28-31,48-50,53-56,58-59,67-68,81H,19-20,24,27,32-47H2,1-18H3,(H,77,87)(H,78,90)(H,79,89)(H,80,91)(H,92,93)/t48?,49-,50?,53+,54+,55-,56-,58-,59-,67-,68-/m0/s1. The van der Waals surface area contributed by atoms with Crippen LogP contribution < -0.4 is 26.0 Å². The summed E-state index contributed by atoms with van der Waals surface area (Å²) in [5.74, 6) is -10.6. The van der Waals surface area contributed by atoms with Crippen molar-refractivity contribution in [3.05, 3.63) is 65.7 Å². The summed E-state index contributed by atoms with van der Waals surface area (Å²) in [7, 11) is 3.40. The normalized spacial score (nSPS) is 15.3. The molecule has 26 heteroatoms. The number of esters is 1. The minimum Gasteiger partial charge on any atom is -0.488 e. The molecule has 6 N–H and O–H groups in total. The third-order valence-electron chi connectivity index (χ3n) is 16.1. The second-order valence-electron chi connectivity index (χ2n) is 30.0. The van der Waals surface area contributed by atoms with Gasteiger partial charge in [-0.25, -0.2) is 0 Å². The van der Waals surface area contributed by atoms with E-state index < -0.39 is 180 Å². The molecular weight excluding hydrogens is 1370 g/mol. The number of carboxylic acid groups (broad SMARTS) is 1. The number of aliphatic carboxylic acids is 1. The number of rotatable bonds is 51. The largest absolute Gasteiger partial charge is 0.488 e. The van der Waals surface area contributed by atoms with E-state index >= 15 is 0 Å². The summed E-state index contributed by atoms with van der Waals surface area (Å²) >= 11 is 1.44. The maximum absolute atomic E-state index is 14.9. The predicted molar refractivity (Wildman–Crippen MR) is 400 cm³/mol. The Morgan fingerprint density at radius 3 is 1.68 bits per heavy atom. The van der Waals surface area contributed by atoms with Crippen LogP contribution in [0.4, 0.5) is 0 Å². The Labute approximate surface area is 618 Å². The number of aliphatic hydroxyl groups excluding tert-OH is 1. The third-order valence-corrected chi connectivity index (χ3v) is 19.4. The second kappa shape index (κ2) is 46.3. The summed E-state index contributed by atoms with van der Waals surface area (Å²) in [4.78, 5) is 155. The maximum atomic E-state index is 14.9. The van der Waals surface area contributed by atoms with Crippen molar-refractivity contribution < 1.29 is 91.4 Å². The molecule has 0 spiro atoms. The molecule has 576 valence electrons. The number of carbonyl (C=O) groups excluding carboxylic acids is 10. The number of carboxylic acids is 1. The number of hydrogen-bond donors (Lipinski definition) is 6. The molecule has 0 aliphatic rings. The van der Waals surface area contributed by atoms with E-state index in [2.05, 4.69) is 28.2 Å². The minimum atomic E-state index is -1.70. The molecule has 11 atom stereocenters. The van der Waals surface area contributed by atoms with Gasteiger partial charge < -0.3 is 59.9 Å². The first kappa shape index (κ1) is 92.3. The number of ether oxygens (including phenoxy) is 6. The summed E-state index contributed by atoms with van der Waals surface area (Å²) in [6, 6.07) is 10.1. The zero-order chi connectivity index (χ0) is 77.1. The number of nitrogens with one attached hydrogen (secondary N) is 4. The van der Waals surface area contributed by atoms with Crippen LogP contribution in [0.25, 0.3) is 0 Å². The van der Waals surface area contributed by atoms with Crippen molar-refractivity contribution in [2.75, 3.05) is 63.2 Å². The molecule has 0 fully saturated rings. The van der Waals surface area contributed by atoms with E-state index in [-0.39, 0.29) is 57.2 Å². The van der Waals surface area contributed by atoms with Gasteiger partial charge in [0, 0.05) is 62.1 Å². The van der Waals surface area contributed by atoms with Crippen LogP contribution in [-0.4, -0.2) is 191 Å². The number of carbonyl (C=O) groups is 11. The van der Waals surface area contributed by atoms with Crippen LogP contribution in [0.15, 0.2) is 54.6 Å². The Kier molecular flexibility index (Phi) is 41.9. The lowest BCUT2D eigenvalue weighted by atomic mass is 9.87. The van der Waals surface area contributed by atoms with Gasteiger partial charge in [0.25, 0.3) is 0 Å². The van der Waals surface area contributed by atoms with Crippen molar-refractivity contribution >= 4 is 97.8 Å². The Bertz CT molecular complexity index is 2960. The van der Waals surface area contributed by atoms with Crippen LogP contribution in [0.2, 0.25) is 0 Å². The summed E-state index contributed by atoms with van der Waals surface area (Å²) < 4.78 is 35.4. The highest BCUT2D eigenvalue weighted by Crippen LogP contribution is 2.27. The molecule has 102 heavy (non-hydrogen) atoms. The van der Waals surface area contributed by atoms with Crippen LogP contribution in [0.3, 0.4) is 0 Å². The molecule has 0 saturated carbocycles. The van der Waals surface area contributed by atoms with E-state index in [9.17, 15) is 63.0 Å². The highest BCUT2D eigenvalue weighted by Gasteiger charge is 2.40. The van der Waals surface area contributed by atoms with Gasteiger partial charge in [0.05, 0.1) is 86.0 Å². The highest BCUT2D eigenvalue weighted by atomic mass is 33.1. The number of amides is 4. The number of hydrogen-bond acceptors (Lipinski definition) is 21. The van der Waals surface area contributed by atoms with Gasteiger partial charge in [0.15, 0.2) is 23.1 Å². The van der Waals surface area contributed by atoms with E-state index in [0.29, 0.717) is 48.5 Å². The molecule has 2 unspecified atom stereocenters. The average molecular weight is 1490 g/mol. The Morgan fingerprint density at radius 2 is 1.11 bits per heavy atom. The van der Waals surface area contributed by atoms with Crippen LogP contribution >= 0.6 is 33.3 Å². The molecular formula is C76H120N4O19S3. The van der Waals surface area contributed by atoms with Gasteiger partial charge in [-0.3, -0.25) is 52.7 Å². The van der Waals surface area contributed by atoms with Crippen molar-refractivity contribution in [1.29, 1.82) is 0 Å². The molecule has 0 aliphatic carbocycles. The van der Waals surface area contributed by atoms with Crippen LogP contribution in [0.1, 0.15) is 187 Å². The van der Waals surface area contributed by atoms with E-state index in [1.807, 2.05) is 40.9 Å². The number of ketones is 5. The first-order valence-corrected chi connectivity index (χ1v) is 39.4.